The summed E-state index contributed by atoms with van der Waals surface area (Å²) in [4.78, 5) is 10.5. The van der Waals surface area contributed by atoms with Crippen LogP contribution >= 0.6 is 11.3 Å². The predicted molar refractivity (Wildman–Crippen MR) is 110 cm³/mol. The Kier molecular flexibility index (Phi) is 5.29. The Hall–Kier alpha value is -2.15. The third-order valence-corrected chi connectivity index (χ3v) is 6.24. The highest BCUT2D eigenvalue weighted by atomic mass is 32.1. The highest BCUT2D eigenvalue weighted by Crippen LogP contribution is 2.32. The van der Waals surface area contributed by atoms with Crippen LogP contribution in [0.15, 0.2) is 35.9 Å². The van der Waals surface area contributed by atoms with Crippen LogP contribution in [0, 0.1) is 0 Å². The molecule has 0 amide bonds. The van der Waals surface area contributed by atoms with E-state index in [0.717, 1.165) is 48.0 Å². The summed E-state index contributed by atoms with van der Waals surface area (Å²) in [7, 11) is 3.44. The maximum atomic E-state index is 5.39. The molecule has 0 radical (unpaired) electrons. The molecule has 0 spiro atoms. The fourth-order valence-electron chi connectivity index (χ4n) is 3.50. The zero-order valence-corrected chi connectivity index (χ0v) is 16.8. The fraction of sp³-hybridized carbons (Fsp3) is 0.381. The number of rotatable bonds is 6. The molecule has 142 valence electrons. The Morgan fingerprint density at radius 3 is 2.96 bits per heavy atom. The van der Waals surface area contributed by atoms with Gasteiger partial charge >= 0.3 is 0 Å². The number of benzene rings is 1. The van der Waals surface area contributed by atoms with Crippen LogP contribution < -0.4 is 4.74 Å². The van der Waals surface area contributed by atoms with Crippen LogP contribution in [0.25, 0.3) is 16.5 Å². The van der Waals surface area contributed by atoms with Crippen molar-refractivity contribution in [1.82, 2.24) is 14.9 Å². The van der Waals surface area contributed by atoms with E-state index in [1.807, 2.05) is 13.0 Å². The Morgan fingerprint density at radius 1 is 1.33 bits per heavy atom. The summed E-state index contributed by atoms with van der Waals surface area (Å²) in [5.74, 6) is 0.894. The molecule has 1 N–H and O–H groups in total. The molecule has 0 bridgehead atoms. The summed E-state index contributed by atoms with van der Waals surface area (Å²) in [5.41, 5.74) is 4.97. The first kappa shape index (κ1) is 18.2. The van der Waals surface area contributed by atoms with E-state index in [1.54, 1.807) is 25.6 Å². The smallest absolute Gasteiger partial charge is 0.122 e. The second-order valence-electron chi connectivity index (χ2n) is 6.88. The molecule has 6 heteroatoms. The molecule has 5 nitrogen and oxygen atoms in total. The molecule has 0 aliphatic carbocycles. The molecule has 4 rings (SSSR count). The van der Waals surface area contributed by atoms with Gasteiger partial charge in [0.05, 0.1) is 12.8 Å². The van der Waals surface area contributed by atoms with E-state index < -0.39 is 0 Å². The summed E-state index contributed by atoms with van der Waals surface area (Å²) in [6.07, 6.45) is 5.56. The van der Waals surface area contributed by atoms with Crippen LogP contribution in [0.4, 0.5) is 0 Å². The topological polar surface area (TPSA) is 50.4 Å². The number of nitrogens with zero attached hydrogens (tertiary/aromatic N) is 2. The summed E-state index contributed by atoms with van der Waals surface area (Å²) >= 11 is 1.68. The highest BCUT2D eigenvalue weighted by Gasteiger charge is 2.18. The molecule has 0 saturated carbocycles. The number of aromatic nitrogens is 2. The van der Waals surface area contributed by atoms with Crippen LogP contribution in [0.5, 0.6) is 5.75 Å². The minimum atomic E-state index is 0.0652. The number of methoxy groups -OCH3 is 2. The van der Waals surface area contributed by atoms with E-state index in [0.29, 0.717) is 0 Å². The molecule has 27 heavy (non-hydrogen) atoms. The molecular weight excluding hydrogens is 358 g/mol. The van der Waals surface area contributed by atoms with Crippen molar-refractivity contribution in [3.63, 3.8) is 0 Å². The lowest BCUT2D eigenvalue weighted by atomic mass is 9.99. The minimum absolute atomic E-state index is 0.0652. The van der Waals surface area contributed by atoms with Crippen LogP contribution in [0.2, 0.25) is 0 Å². The predicted octanol–water partition coefficient (Wildman–Crippen LogP) is 4.63. The fourth-order valence-corrected chi connectivity index (χ4v) is 4.35. The zero-order valence-electron chi connectivity index (χ0n) is 16.0. The average Bonchev–Trinajstić information content (AvgIpc) is 3.34. The van der Waals surface area contributed by atoms with Gasteiger partial charge in [0.25, 0.3) is 0 Å². The van der Waals surface area contributed by atoms with Gasteiger partial charge in [0.2, 0.25) is 0 Å². The lowest BCUT2D eigenvalue weighted by Crippen LogP contribution is -2.28. The van der Waals surface area contributed by atoms with E-state index >= 15 is 0 Å². The van der Waals surface area contributed by atoms with Gasteiger partial charge in [0.1, 0.15) is 16.9 Å². The van der Waals surface area contributed by atoms with Crippen LogP contribution in [-0.4, -0.2) is 42.2 Å². The van der Waals surface area contributed by atoms with Gasteiger partial charge < -0.3 is 14.5 Å². The molecule has 1 aliphatic rings. The van der Waals surface area contributed by atoms with Crippen LogP contribution in [0.1, 0.15) is 35.7 Å². The Labute approximate surface area is 163 Å². The number of hydrogen-bond donors (Lipinski definition) is 1. The van der Waals surface area contributed by atoms with Gasteiger partial charge in [-0.2, -0.15) is 0 Å². The maximum Gasteiger partial charge on any atom is 0.122 e. The third kappa shape index (κ3) is 3.78. The van der Waals surface area contributed by atoms with Crippen molar-refractivity contribution in [2.24, 2.45) is 0 Å². The Bertz CT molecular complexity index is 959. The first-order valence-electron chi connectivity index (χ1n) is 9.22. The molecule has 0 saturated heterocycles. The van der Waals surface area contributed by atoms with Crippen molar-refractivity contribution in [2.45, 2.75) is 26.0 Å². The molecule has 1 aliphatic heterocycles. The average molecular weight is 384 g/mol. The molecular formula is C21H25N3O2S. The van der Waals surface area contributed by atoms with E-state index in [9.17, 15) is 0 Å². The highest BCUT2D eigenvalue weighted by molar-refractivity contribution is 7.09. The van der Waals surface area contributed by atoms with Gasteiger partial charge in [0, 0.05) is 54.8 Å². The number of thiazole rings is 1. The van der Waals surface area contributed by atoms with E-state index in [1.165, 1.54) is 16.5 Å². The molecule has 1 aromatic carbocycles. The first-order chi connectivity index (χ1) is 13.2. The minimum Gasteiger partial charge on any atom is -0.497 e. The van der Waals surface area contributed by atoms with Gasteiger partial charge in [-0.3, -0.25) is 4.90 Å². The number of hydrogen-bond acceptors (Lipinski definition) is 5. The van der Waals surface area contributed by atoms with Gasteiger partial charge in [-0.05, 0) is 37.1 Å². The van der Waals surface area contributed by atoms with Crippen LogP contribution in [-0.2, 0) is 11.3 Å². The lowest BCUT2D eigenvalue weighted by Gasteiger charge is -2.25. The van der Waals surface area contributed by atoms with Crippen molar-refractivity contribution in [3.05, 3.63) is 52.1 Å². The summed E-state index contributed by atoms with van der Waals surface area (Å²) in [5, 5.41) is 4.43. The molecule has 0 fully saturated rings. The second kappa shape index (κ2) is 7.84. The van der Waals surface area contributed by atoms with Gasteiger partial charge in [0.15, 0.2) is 0 Å². The first-order valence-corrected chi connectivity index (χ1v) is 10.1. The normalized spacial score (nSPS) is 16.5. The van der Waals surface area contributed by atoms with E-state index in [-0.39, 0.29) is 6.10 Å². The summed E-state index contributed by atoms with van der Waals surface area (Å²) < 4.78 is 10.7. The van der Waals surface area contributed by atoms with Crippen molar-refractivity contribution in [1.29, 1.82) is 0 Å². The molecule has 2 aromatic heterocycles. The molecule has 0 unspecified atom stereocenters. The number of aromatic amines is 1. The van der Waals surface area contributed by atoms with Gasteiger partial charge in [-0.1, -0.05) is 6.08 Å². The number of nitrogens with one attached hydrogen (secondary N) is 1. The molecule has 1 atom stereocenters. The number of fused-ring (bicyclic) bond motifs is 1. The monoisotopic (exact) mass is 383 g/mol. The van der Waals surface area contributed by atoms with Crippen molar-refractivity contribution in [2.75, 3.05) is 27.3 Å². The largest absolute Gasteiger partial charge is 0.497 e. The lowest BCUT2D eigenvalue weighted by molar-refractivity contribution is 0.119. The Balaban J connectivity index is 1.46. The van der Waals surface area contributed by atoms with Gasteiger partial charge in [-0.25, -0.2) is 4.98 Å². The summed E-state index contributed by atoms with van der Waals surface area (Å²) in [6, 6.07) is 6.18. The quantitative estimate of drug-likeness (QED) is 0.674. The van der Waals surface area contributed by atoms with Crippen molar-refractivity contribution in [3.8, 4) is 5.75 Å². The van der Waals surface area contributed by atoms with Crippen molar-refractivity contribution < 1.29 is 9.47 Å². The van der Waals surface area contributed by atoms with E-state index in [2.05, 4.69) is 39.7 Å². The zero-order chi connectivity index (χ0) is 18.8. The standard InChI is InChI=1S/C21H25N3O2S/c1-14(25-2)21-23-16(13-27-21)12-24-8-6-15(7-9-24)19-11-22-20-5-4-17(26-3)10-18(19)20/h4-6,10-11,13-14,22H,7-9,12H2,1-3H3/t14-/m1/s1. The van der Waals surface area contributed by atoms with Gasteiger partial charge in [-0.15, -0.1) is 11.3 Å². The number of ether oxygens (including phenoxy) is 2. The second-order valence-corrected chi connectivity index (χ2v) is 7.77. The van der Waals surface area contributed by atoms with Crippen LogP contribution in [0.3, 0.4) is 0 Å². The molecule has 3 heterocycles. The van der Waals surface area contributed by atoms with E-state index in [4.69, 9.17) is 14.5 Å². The van der Waals surface area contributed by atoms with Crippen molar-refractivity contribution >= 4 is 27.8 Å². The third-order valence-electron chi connectivity index (χ3n) is 5.18. The SMILES string of the molecule is COc1ccc2[nH]cc(C3=CCN(Cc4csc([C@@H](C)OC)n4)CC3)c2c1. The molecule has 3 aromatic rings. The maximum absolute atomic E-state index is 5.39. The Morgan fingerprint density at radius 2 is 2.22 bits per heavy atom. The summed E-state index contributed by atoms with van der Waals surface area (Å²) in [6.45, 7) is 4.90. The number of H-pyrrole nitrogens is 1.